The van der Waals surface area contributed by atoms with Gasteiger partial charge in [-0.25, -0.2) is 0 Å². The Morgan fingerprint density at radius 1 is 1.50 bits per heavy atom. The van der Waals surface area contributed by atoms with Crippen LogP contribution in [-0.4, -0.2) is 42.3 Å². The van der Waals surface area contributed by atoms with E-state index in [0.717, 1.165) is 0 Å². The van der Waals surface area contributed by atoms with Gasteiger partial charge < -0.3 is 0 Å². The van der Waals surface area contributed by atoms with Crippen molar-refractivity contribution in [1.29, 1.82) is 0 Å². The van der Waals surface area contributed by atoms with Crippen molar-refractivity contribution in [3.8, 4) is 0 Å². The second-order valence-electron chi connectivity index (χ2n) is 0. The molecule has 0 amide bonds. The molecule has 0 aliphatic carbocycles. The summed E-state index contributed by atoms with van der Waals surface area (Å²) in [6.07, 6.45) is 0. The molecule has 0 N–H and O–H groups in total. The molecule has 0 aliphatic heterocycles. The quantitative estimate of drug-likeness (QED) is 0.433. The molecule has 0 aromatic heterocycles. The van der Waals surface area contributed by atoms with Crippen LogP contribution < -0.4 is 0 Å². The SMILES string of the molecule is B[SiH3].[O]=[BiH]. The fourth-order valence-corrected chi connectivity index (χ4v) is 0. The fourth-order valence-electron chi connectivity index (χ4n) is 0. The van der Waals surface area contributed by atoms with E-state index in [9.17, 15) is 0 Å². The zero-order valence-electron chi connectivity index (χ0n) is 2.91. The third kappa shape index (κ3) is 12.3. The number of rotatable bonds is 0. The van der Waals surface area contributed by atoms with Gasteiger partial charge in [0.1, 0.15) is 0 Å². The standard InChI is InChI=1S/BH5Si.Bi.O.H/c1-2;;;/h1H2,2H3;;;. The predicted octanol–water partition coefficient (Wildman–Crippen LogP) is -2.87. The summed E-state index contributed by atoms with van der Waals surface area (Å²) in [5, 5.41) is 0. The molecule has 0 rings (SSSR count). The molecule has 0 heterocycles. The Bertz CT molecular complexity index is 8.00. The van der Waals surface area contributed by atoms with Crippen molar-refractivity contribution in [1.82, 2.24) is 0 Å². The summed E-state index contributed by atoms with van der Waals surface area (Å²) < 4.78 is 8.39. The molecule has 1 nitrogen and oxygen atoms in total. The van der Waals surface area contributed by atoms with E-state index in [0.29, 0.717) is 0 Å². The van der Waals surface area contributed by atoms with Crippen molar-refractivity contribution in [3.63, 3.8) is 0 Å². The zero-order valence-corrected chi connectivity index (χ0v) is 8.80. The second kappa shape index (κ2) is 37.4. The van der Waals surface area contributed by atoms with Gasteiger partial charge in [-0.05, 0) is 10.1 Å². The van der Waals surface area contributed by atoms with Gasteiger partial charge in [0.05, 0.1) is 7.44 Å². The number of hydrogen-bond donors (Lipinski definition) is 0. The topological polar surface area (TPSA) is 17.1 Å². The van der Waals surface area contributed by atoms with E-state index in [4.69, 9.17) is 2.81 Å². The summed E-state index contributed by atoms with van der Waals surface area (Å²) in [7, 11) is 3.44. The molecular weight excluding hydrogens is 264 g/mol. The normalized spacial score (nSPS) is 3.00. The molecule has 0 bridgehead atoms. The van der Waals surface area contributed by atoms with Gasteiger partial charge in [-0.15, -0.1) is 0 Å². The monoisotopic (exact) mass is 270 g/mol. The van der Waals surface area contributed by atoms with Crippen LogP contribution in [0.1, 0.15) is 0 Å². The zero-order chi connectivity index (χ0) is 4.00. The molecule has 0 aromatic carbocycles. The van der Waals surface area contributed by atoms with Crippen LogP contribution in [0.4, 0.5) is 0 Å². The van der Waals surface area contributed by atoms with Crippen molar-refractivity contribution in [2.24, 2.45) is 0 Å². The fraction of sp³-hybridized carbons (Fsp3) is 0. The van der Waals surface area contributed by atoms with Crippen molar-refractivity contribution < 1.29 is 2.81 Å². The minimum atomic E-state index is 0.0556. The average Bonchev–Trinajstić information content (AvgIpc) is 1.50. The molecule has 0 spiro atoms. The van der Waals surface area contributed by atoms with Gasteiger partial charge in [0.25, 0.3) is 0 Å². The van der Waals surface area contributed by atoms with Crippen LogP contribution in [0.5, 0.6) is 0 Å². The molecule has 4 heteroatoms. The summed E-state index contributed by atoms with van der Waals surface area (Å²) in [6.45, 7) is 0. The Kier molecular flexibility index (Phi) is 83.1. The predicted molar refractivity (Wildman–Crippen MR) is 26.3 cm³/mol. The molecule has 0 radical (unpaired) electrons. The van der Waals surface area contributed by atoms with E-state index < -0.39 is 0 Å². The van der Waals surface area contributed by atoms with Gasteiger partial charge in [-0.1, -0.05) is 0 Å². The maximum atomic E-state index is 8.39. The van der Waals surface area contributed by atoms with Crippen LogP contribution in [0.25, 0.3) is 0 Å². The van der Waals surface area contributed by atoms with Crippen molar-refractivity contribution in [2.75, 3.05) is 0 Å². The number of hydrogen-bond acceptors (Lipinski definition) is 1. The summed E-state index contributed by atoms with van der Waals surface area (Å²) in [4.78, 5) is 0. The third-order valence-electron chi connectivity index (χ3n) is 0. The van der Waals surface area contributed by atoms with Crippen LogP contribution in [0, 0.1) is 0 Å². The van der Waals surface area contributed by atoms with Crippen LogP contribution in [0.15, 0.2) is 0 Å². The molecule has 4 heavy (non-hydrogen) atoms. The van der Waals surface area contributed by atoms with Crippen LogP contribution in [-0.2, 0) is 2.81 Å². The summed E-state index contributed by atoms with van der Waals surface area (Å²) in [5.41, 5.74) is 0. The first kappa shape index (κ1) is 8.88. The van der Waals surface area contributed by atoms with E-state index in [1.807, 2.05) is 0 Å². The van der Waals surface area contributed by atoms with E-state index in [1.54, 1.807) is 0 Å². The van der Waals surface area contributed by atoms with Gasteiger partial charge in [0, 0.05) is 0 Å². The molecule has 0 aromatic rings. The van der Waals surface area contributed by atoms with Crippen LogP contribution in [0.3, 0.4) is 0 Å². The van der Waals surface area contributed by atoms with Gasteiger partial charge >= 0.3 is 27.5 Å². The summed E-state index contributed by atoms with van der Waals surface area (Å²) >= 11 is 0.0556. The molecule has 0 saturated heterocycles. The first-order valence-electron chi connectivity index (χ1n) is 1.20. The molecule has 0 fully saturated rings. The Morgan fingerprint density at radius 3 is 1.50 bits per heavy atom. The molecular formula is H6BBiOSi. The Balaban J connectivity index is 0. The average molecular weight is 270 g/mol. The third-order valence-corrected chi connectivity index (χ3v) is 0. The van der Waals surface area contributed by atoms with E-state index in [-0.39, 0.29) is 24.7 Å². The van der Waals surface area contributed by atoms with Gasteiger partial charge in [-0.2, -0.15) is 0 Å². The van der Waals surface area contributed by atoms with E-state index >= 15 is 0 Å². The minimum absolute atomic E-state index is 0.0556. The Labute approximate surface area is 45.2 Å². The molecule has 24 valence electrons. The molecule has 0 unspecified atom stereocenters. The first-order valence-corrected chi connectivity index (χ1v) is 4.79. The van der Waals surface area contributed by atoms with Crippen molar-refractivity contribution >= 4 is 42.3 Å². The van der Waals surface area contributed by atoms with Gasteiger partial charge in [-0.3, -0.25) is 0 Å². The van der Waals surface area contributed by atoms with Crippen LogP contribution >= 0.6 is 0 Å². The van der Waals surface area contributed by atoms with Gasteiger partial charge in [0.2, 0.25) is 0 Å². The maximum absolute atomic E-state index is 8.39. The molecule has 0 atom stereocenters. The summed E-state index contributed by atoms with van der Waals surface area (Å²) in [6, 6.07) is 0. The Hall–Kier alpha value is 0.965. The summed E-state index contributed by atoms with van der Waals surface area (Å²) in [5.74, 6) is 0. The van der Waals surface area contributed by atoms with Crippen molar-refractivity contribution in [3.05, 3.63) is 0 Å². The van der Waals surface area contributed by atoms with Gasteiger partial charge in [0.15, 0.2) is 0 Å². The first-order chi connectivity index (χ1) is 2.00. The molecule has 0 aliphatic rings. The van der Waals surface area contributed by atoms with E-state index in [2.05, 4.69) is 7.44 Å². The second-order valence-corrected chi connectivity index (χ2v) is 0. The Morgan fingerprint density at radius 2 is 1.50 bits per heavy atom. The van der Waals surface area contributed by atoms with Crippen molar-refractivity contribution in [2.45, 2.75) is 0 Å². The van der Waals surface area contributed by atoms with Crippen LogP contribution in [0.2, 0.25) is 0 Å². The van der Waals surface area contributed by atoms with E-state index in [1.165, 1.54) is 10.1 Å². The molecule has 0 saturated carbocycles.